The van der Waals surface area contributed by atoms with Crippen molar-refractivity contribution in [3.63, 3.8) is 0 Å². The highest BCUT2D eigenvalue weighted by molar-refractivity contribution is 7.79. The smallest absolute Gasteiger partial charge is 0.119 e. The summed E-state index contributed by atoms with van der Waals surface area (Å²) in [6.07, 6.45) is 0. The molecule has 0 unspecified atom stereocenters. The molecule has 0 spiro atoms. The second kappa shape index (κ2) is 3.32. The van der Waals surface area contributed by atoms with E-state index in [1.165, 1.54) is 0 Å². The second-order valence-electron chi connectivity index (χ2n) is 1.80. The van der Waals surface area contributed by atoms with E-state index < -0.39 is 0 Å². The normalized spacial score (nSPS) is 8.90. The molecule has 2 heteroatoms. The third kappa shape index (κ3) is 1.54. The quantitative estimate of drug-likeness (QED) is 0.596. The van der Waals surface area contributed by atoms with Gasteiger partial charge >= 0.3 is 0 Å². The van der Waals surface area contributed by atoms with E-state index in [4.69, 9.17) is 17.0 Å². The zero-order valence-electron chi connectivity index (χ0n) is 5.63. The van der Waals surface area contributed by atoms with Crippen molar-refractivity contribution in [1.29, 1.82) is 0 Å². The number of hydrogen-bond donors (Lipinski definition) is 0. The lowest BCUT2D eigenvalue weighted by atomic mass is 10.2. The fourth-order valence-electron chi connectivity index (χ4n) is 0.658. The Morgan fingerprint density at radius 1 is 1.70 bits per heavy atom. The Labute approximate surface area is 65.6 Å². The molecule has 0 aliphatic rings. The molecule has 0 atom stereocenters. The Morgan fingerprint density at radius 3 is 3.10 bits per heavy atom. The second-order valence-corrected chi connectivity index (χ2v) is 2.04. The molecule has 0 amide bonds. The number of methoxy groups -OCH3 is 1. The third-order valence-corrected chi connectivity index (χ3v) is 1.41. The van der Waals surface area contributed by atoms with Crippen molar-refractivity contribution in [2.24, 2.45) is 0 Å². The van der Waals surface area contributed by atoms with Crippen LogP contribution in [0.15, 0.2) is 18.2 Å². The molecule has 0 fully saturated rings. The zero-order valence-corrected chi connectivity index (χ0v) is 6.44. The maximum atomic E-state index is 4.97. The van der Waals surface area contributed by atoms with Crippen LogP contribution in [0.2, 0.25) is 0 Å². The Hall–Kier alpha value is -0.890. The van der Waals surface area contributed by atoms with Crippen molar-refractivity contribution in [2.75, 3.05) is 7.11 Å². The van der Waals surface area contributed by atoms with Gasteiger partial charge in [0.1, 0.15) is 5.75 Å². The van der Waals surface area contributed by atoms with Crippen LogP contribution in [-0.4, -0.2) is 12.5 Å². The van der Waals surface area contributed by atoms with E-state index in [1.807, 2.05) is 12.1 Å². The van der Waals surface area contributed by atoms with Gasteiger partial charge in [0.05, 0.1) is 7.11 Å². The van der Waals surface area contributed by atoms with E-state index in [9.17, 15) is 0 Å². The van der Waals surface area contributed by atoms with Crippen molar-refractivity contribution in [3.8, 4) is 5.75 Å². The maximum Gasteiger partial charge on any atom is 0.119 e. The third-order valence-electron chi connectivity index (χ3n) is 1.16. The molecule has 1 rings (SSSR count). The topological polar surface area (TPSA) is 9.23 Å². The first-order chi connectivity index (χ1) is 4.86. The van der Waals surface area contributed by atoms with Gasteiger partial charge in [-0.25, -0.2) is 0 Å². The molecule has 0 aromatic heterocycles. The molecule has 0 aliphatic heterocycles. The van der Waals surface area contributed by atoms with Crippen molar-refractivity contribution in [3.05, 3.63) is 29.8 Å². The fourth-order valence-corrected chi connectivity index (χ4v) is 0.794. The summed E-state index contributed by atoms with van der Waals surface area (Å²) >= 11 is 4.71. The van der Waals surface area contributed by atoms with E-state index in [0.29, 0.717) is 0 Å². The van der Waals surface area contributed by atoms with E-state index in [1.54, 1.807) is 18.5 Å². The molecule has 1 aromatic carbocycles. The summed E-state index contributed by atoms with van der Waals surface area (Å²) in [7, 11) is 1.63. The maximum absolute atomic E-state index is 4.97. The van der Waals surface area contributed by atoms with Gasteiger partial charge in [0, 0.05) is 5.37 Å². The van der Waals surface area contributed by atoms with Gasteiger partial charge in [-0.2, -0.15) is 0 Å². The summed E-state index contributed by atoms with van der Waals surface area (Å²) in [5.74, 6) is 0.815. The Balaban J connectivity index is 2.98. The van der Waals surface area contributed by atoms with Gasteiger partial charge in [0.25, 0.3) is 0 Å². The number of hydrogen-bond acceptors (Lipinski definition) is 2. The lowest BCUT2D eigenvalue weighted by Gasteiger charge is -1.97. The monoisotopic (exact) mass is 151 g/mol. The van der Waals surface area contributed by atoms with Crippen LogP contribution in [0.5, 0.6) is 5.75 Å². The Morgan fingerprint density at radius 2 is 2.50 bits per heavy atom. The summed E-state index contributed by atoms with van der Waals surface area (Å²) < 4.78 is 4.97. The van der Waals surface area contributed by atoms with Crippen LogP contribution < -0.4 is 4.74 Å². The average Bonchev–Trinajstić information content (AvgIpc) is 2.05. The van der Waals surface area contributed by atoms with Gasteiger partial charge in [-0.1, -0.05) is 18.3 Å². The average molecular weight is 151 g/mol. The minimum atomic E-state index is 0.815. The van der Waals surface area contributed by atoms with Gasteiger partial charge in [-0.15, -0.1) is 0 Å². The van der Waals surface area contributed by atoms with Crippen LogP contribution in [0.3, 0.4) is 0 Å². The lowest BCUT2D eigenvalue weighted by Crippen LogP contribution is -1.84. The number of ether oxygens (including phenoxy) is 1. The van der Waals surface area contributed by atoms with E-state index >= 15 is 0 Å². The first-order valence-corrected chi connectivity index (χ1v) is 3.35. The van der Waals surface area contributed by atoms with Crippen molar-refractivity contribution in [1.82, 2.24) is 0 Å². The van der Waals surface area contributed by atoms with Gasteiger partial charge < -0.3 is 4.74 Å². The molecular weight excluding hydrogens is 144 g/mol. The molecule has 10 heavy (non-hydrogen) atoms. The standard InChI is InChI=1S/C8H7OS/c1-9-8-4-2-3-7(5-8)6-10/h2,4-6H,1H3. The minimum Gasteiger partial charge on any atom is -0.497 e. The highest BCUT2D eigenvalue weighted by atomic mass is 32.1. The first kappa shape index (κ1) is 7.22. The van der Waals surface area contributed by atoms with E-state index in [0.717, 1.165) is 11.3 Å². The Bertz CT molecular complexity index is 232. The van der Waals surface area contributed by atoms with Crippen molar-refractivity contribution < 1.29 is 4.74 Å². The number of rotatable bonds is 2. The molecular formula is C8H7OS. The fraction of sp³-hybridized carbons (Fsp3) is 0.125. The predicted octanol–water partition coefficient (Wildman–Crippen LogP) is 1.84. The van der Waals surface area contributed by atoms with Gasteiger partial charge in [0.15, 0.2) is 0 Å². The first-order valence-electron chi connectivity index (χ1n) is 2.87. The van der Waals surface area contributed by atoms with E-state index in [-0.39, 0.29) is 0 Å². The van der Waals surface area contributed by atoms with Crippen LogP contribution in [0.1, 0.15) is 5.56 Å². The predicted molar refractivity (Wildman–Crippen MR) is 44.6 cm³/mol. The SMILES string of the molecule is COc1cc[c]c(C=S)c1. The molecule has 51 valence electrons. The van der Waals surface area contributed by atoms with Gasteiger partial charge in [-0.3, -0.25) is 0 Å². The van der Waals surface area contributed by atoms with Crippen LogP contribution in [0, 0.1) is 6.07 Å². The van der Waals surface area contributed by atoms with Crippen molar-refractivity contribution >= 4 is 17.6 Å². The van der Waals surface area contributed by atoms with Gasteiger partial charge in [-0.05, 0) is 23.8 Å². The molecule has 1 radical (unpaired) electrons. The summed E-state index contributed by atoms with van der Waals surface area (Å²) in [5, 5.41) is 1.57. The molecule has 0 saturated heterocycles. The summed E-state index contributed by atoms with van der Waals surface area (Å²) in [5.41, 5.74) is 0.884. The summed E-state index contributed by atoms with van der Waals surface area (Å²) in [4.78, 5) is 0. The molecule has 0 bridgehead atoms. The van der Waals surface area contributed by atoms with Crippen LogP contribution >= 0.6 is 12.2 Å². The lowest BCUT2D eigenvalue weighted by molar-refractivity contribution is 0.414. The number of thiocarbonyl (C=S) groups is 1. The molecule has 1 nitrogen and oxygen atoms in total. The van der Waals surface area contributed by atoms with Crippen LogP contribution in [-0.2, 0) is 0 Å². The highest BCUT2D eigenvalue weighted by Crippen LogP contribution is 2.09. The molecule has 0 heterocycles. The van der Waals surface area contributed by atoms with Gasteiger partial charge in [0.2, 0.25) is 0 Å². The zero-order chi connectivity index (χ0) is 7.40. The van der Waals surface area contributed by atoms with E-state index in [2.05, 4.69) is 6.07 Å². The molecule has 0 N–H and O–H groups in total. The summed E-state index contributed by atoms with van der Waals surface area (Å²) in [6.45, 7) is 0. The number of benzene rings is 1. The molecule has 0 aliphatic carbocycles. The summed E-state index contributed by atoms with van der Waals surface area (Å²) in [6, 6.07) is 8.42. The minimum absolute atomic E-state index is 0.815. The van der Waals surface area contributed by atoms with Crippen LogP contribution in [0.4, 0.5) is 0 Å². The Kier molecular flexibility index (Phi) is 2.40. The highest BCUT2D eigenvalue weighted by Gasteiger charge is 1.89. The molecule has 1 aromatic rings. The van der Waals surface area contributed by atoms with Crippen molar-refractivity contribution in [2.45, 2.75) is 0 Å². The largest absolute Gasteiger partial charge is 0.497 e. The molecule has 0 saturated carbocycles. The van der Waals surface area contributed by atoms with Crippen LogP contribution in [0.25, 0.3) is 0 Å².